The van der Waals surface area contributed by atoms with Crippen LogP contribution in [-0.4, -0.2) is 30.2 Å². The summed E-state index contributed by atoms with van der Waals surface area (Å²) in [6.07, 6.45) is 3.73. The van der Waals surface area contributed by atoms with Crippen LogP contribution >= 0.6 is 0 Å². The maximum atomic E-state index is 13.8. The van der Waals surface area contributed by atoms with E-state index in [0.717, 1.165) is 12.0 Å². The number of rotatable bonds is 4. The van der Waals surface area contributed by atoms with Crippen molar-refractivity contribution in [1.29, 1.82) is 0 Å². The second-order valence-electron chi connectivity index (χ2n) is 5.30. The molecule has 4 nitrogen and oxygen atoms in total. The van der Waals surface area contributed by atoms with Crippen LogP contribution in [0.3, 0.4) is 0 Å². The summed E-state index contributed by atoms with van der Waals surface area (Å²) in [5, 5.41) is 9.90. The Morgan fingerprint density at radius 3 is 2.63 bits per heavy atom. The quantitative estimate of drug-likeness (QED) is 0.670. The topological polar surface area (TPSA) is 52.9 Å². The van der Waals surface area contributed by atoms with E-state index >= 15 is 0 Å². The zero-order valence-corrected chi connectivity index (χ0v) is 11.1. The van der Waals surface area contributed by atoms with E-state index in [4.69, 9.17) is 0 Å². The number of isocyanates is 1. The Hall–Kier alpha value is -1.71. The highest BCUT2D eigenvalue weighted by molar-refractivity contribution is 5.47. The van der Waals surface area contributed by atoms with Crippen LogP contribution in [0.1, 0.15) is 30.4 Å². The van der Waals surface area contributed by atoms with E-state index in [1.54, 1.807) is 12.1 Å². The summed E-state index contributed by atoms with van der Waals surface area (Å²) in [6.45, 7) is 0.561. The molecule has 1 aromatic carbocycles. The average molecular weight is 264 g/mol. The van der Waals surface area contributed by atoms with E-state index < -0.39 is 17.1 Å². The molecule has 19 heavy (non-hydrogen) atoms. The number of phenols is 1. The molecule has 1 aliphatic carbocycles. The summed E-state index contributed by atoms with van der Waals surface area (Å²) in [7, 11) is 3.76. The van der Waals surface area contributed by atoms with Crippen molar-refractivity contribution in [1.82, 2.24) is 4.90 Å². The second-order valence-corrected chi connectivity index (χ2v) is 5.30. The second kappa shape index (κ2) is 5.11. The lowest BCUT2D eigenvalue weighted by Crippen LogP contribution is -2.32. The first-order valence-corrected chi connectivity index (χ1v) is 6.24. The summed E-state index contributed by atoms with van der Waals surface area (Å²) >= 11 is 0. The number of aliphatic imine (C=N–C) groups is 1. The number of phenolic OH excluding ortho intramolecular Hbond substituents is 1. The van der Waals surface area contributed by atoms with Gasteiger partial charge in [0, 0.05) is 12.1 Å². The van der Waals surface area contributed by atoms with Gasteiger partial charge in [0.05, 0.1) is 0 Å². The van der Waals surface area contributed by atoms with Gasteiger partial charge in [0.25, 0.3) is 0 Å². The molecule has 1 aliphatic rings. The minimum atomic E-state index is -0.783. The fourth-order valence-electron chi connectivity index (χ4n) is 2.51. The van der Waals surface area contributed by atoms with Crippen molar-refractivity contribution in [2.45, 2.75) is 31.3 Å². The van der Waals surface area contributed by atoms with E-state index in [0.29, 0.717) is 24.9 Å². The van der Waals surface area contributed by atoms with Gasteiger partial charge in [-0.1, -0.05) is 0 Å². The molecule has 0 heterocycles. The smallest absolute Gasteiger partial charge is 0.235 e. The lowest BCUT2D eigenvalue weighted by molar-refractivity contribution is 0.244. The lowest BCUT2D eigenvalue weighted by Gasteiger charge is -2.37. The number of aromatic hydroxyl groups is 1. The van der Waals surface area contributed by atoms with Crippen LogP contribution in [0.15, 0.2) is 17.1 Å². The number of carbonyl (C=O) groups excluding carboxylic acids is 1. The van der Waals surface area contributed by atoms with Gasteiger partial charge in [-0.25, -0.2) is 9.18 Å². The van der Waals surface area contributed by atoms with Gasteiger partial charge in [-0.2, -0.15) is 4.99 Å². The van der Waals surface area contributed by atoms with Crippen molar-refractivity contribution in [3.63, 3.8) is 0 Å². The SMILES string of the molecule is CN(C)Cc1cc(F)c(O)c(C2(N=C=O)CCC2)c1. The molecule has 0 atom stereocenters. The van der Waals surface area contributed by atoms with Crippen LogP contribution in [0.2, 0.25) is 0 Å². The molecule has 1 saturated carbocycles. The van der Waals surface area contributed by atoms with Gasteiger partial charge in [0.1, 0.15) is 5.54 Å². The van der Waals surface area contributed by atoms with Crippen molar-refractivity contribution in [3.05, 3.63) is 29.1 Å². The van der Waals surface area contributed by atoms with Crippen molar-refractivity contribution < 1.29 is 14.3 Å². The molecule has 5 heteroatoms. The van der Waals surface area contributed by atoms with Gasteiger partial charge in [-0.15, -0.1) is 0 Å². The molecule has 0 aliphatic heterocycles. The van der Waals surface area contributed by atoms with Gasteiger partial charge < -0.3 is 10.0 Å². The molecule has 0 bridgehead atoms. The maximum Gasteiger partial charge on any atom is 0.235 e. The predicted molar refractivity (Wildman–Crippen MR) is 69.1 cm³/mol. The third kappa shape index (κ3) is 2.53. The molecule has 0 spiro atoms. The third-order valence-corrected chi connectivity index (χ3v) is 3.56. The highest BCUT2D eigenvalue weighted by Crippen LogP contribution is 2.48. The summed E-state index contributed by atoms with van der Waals surface area (Å²) in [5.74, 6) is -1.07. The highest BCUT2D eigenvalue weighted by Gasteiger charge is 2.41. The normalized spacial score (nSPS) is 16.8. The number of halogens is 1. The van der Waals surface area contributed by atoms with Crippen LogP contribution in [0.5, 0.6) is 5.75 Å². The minimum absolute atomic E-state index is 0.402. The molecule has 0 aromatic heterocycles. The maximum absolute atomic E-state index is 13.8. The first-order valence-electron chi connectivity index (χ1n) is 6.24. The Balaban J connectivity index is 2.49. The Kier molecular flexibility index (Phi) is 3.69. The molecule has 0 amide bonds. The Morgan fingerprint density at radius 1 is 1.47 bits per heavy atom. The molecular formula is C14H17FN2O2. The van der Waals surface area contributed by atoms with Crippen molar-refractivity contribution in [3.8, 4) is 5.75 Å². The van der Waals surface area contributed by atoms with E-state index in [9.17, 15) is 14.3 Å². The summed E-state index contributed by atoms with van der Waals surface area (Å²) in [5.41, 5.74) is 0.372. The van der Waals surface area contributed by atoms with E-state index in [1.165, 1.54) is 6.07 Å². The Bertz CT molecular complexity index is 532. The van der Waals surface area contributed by atoms with Crippen LogP contribution in [-0.2, 0) is 16.9 Å². The molecule has 1 N–H and O–H groups in total. The third-order valence-electron chi connectivity index (χ3n) is 3.56. The average Bonchev–Trinajstić information content (AvgIpc) is 2.28. The molecule has 102 valence electrons. The number of hydrogen-bond donors (Lipinski definition) is 1. The summed E-state index contributed by atoms with van der Waals surface area (Å²) < 4.78 is 13.8. The Labute approximate surface area is 111 Å². The molecule has 0 unspecified atom stereocenters. The van der Waals surface area contributed by atoms with E-state index in [2.05, 4.69) is 4.99 Å². The number of hydrogen-bond acceptors (Lipinski definition) is 4. The van der Waals surface area contributed by atoms with Crippen LogP contribution in [0, 0.1) is 5.82 Å². The highest BCUT2D eigenvalue weighted by atomic mass is 19.1. The molecule has 1 fully saturated rings. The van der Waals surface area contributed by atoms with Gasteiger partial charge in [0.2, 0.25) is 6.08 Å². The fourth-order valence-corrected chi connectivity index (χ4v) is 2.51. The number of nitrogens with zero attached hydrogens (tertiary/aromatic N) is 2. The van der Waals surface area contributed by atoms with Crippen LogP contribution in [0.4, 0.5) is 4.39 Å². The Morgan fingerprint density at radius 2 is 2.16 bits per heavy atom. The van der Waals surface area contributed by atoms with Crippen LogP contribution < -0.4 is 0 Å². The summed E-state index contributed by atoms with van der Waals surface area (Å²) in [6, 6.07) is 3.05. The first-order chi connectivity index (χ1) is 8.98. The number of benzene rings is 1. The summed E-state index contributed by atoms with van der Waals surface area (Å²) in [4.78, 5) is 16.3. The lowest BCUT2D eigenvalue weighted by atomic mass is 9.71. The minimum Gasteiger partial charge on any atom is -0.505 e. The monoisotopic (exact) mass is 264 g/mol. The van der Waals surface area contributed by atoms with Gasteiger partial charge >= 0.3 is 0 Å². The van der Waals surface area contributed by atoms with Crippen molar-refractivity contribution in [2.75, 3.05) is 14.1 Å². The van der Waals surface area contributed by atoms with Gasteiger partial charge in [-0.3, -0.25) is 0 Å². The molecule has 1 aromatic rings. The fraction of sp³-hybridized carbons (Fsp3) is 0.500. The van der Waals surface area contributed by atoms with Gasteiger partial charge in [-0.05, 0) is 51.1 Å². The molecule has 2 rings (SSSR count). The standard InChI is InChI=1S/C14H17FN2O2/c1-17(2)8-10-6-11(13(19)12(15)7-10)14(16-9-18)4-3-5-14/h6-7,19H,3-5,8H2,1-2H3. The van der Waals surface area contributed by atoms with E-state index in [1.807, 2.05) is 19.0 Å². The van der Waals surface area contributed by atoms with Crippen molar-refractivity contribution >= 4 is 6.08 Å². The molecule has 0 saturated heterocycles. The van der Waals surface area contributed by atoms with Crippen molar-refractivity contribution in [2.24, 2.45) is 4.99 Å². The molecule has 0 radical (unpaired) electrons. The van der Waals surface area contributed by atoms with Crippen LogP contribution in [0.25, 0.3) is 0 Å². The zero-order valence-electron chi connectivity index (χ0n) is 11.1. The molecular weight excluding hydrogens is 247 g/mol. The predicted octanol–water partition coefficient (Wildman–Crippen LogP) is 2.31. The first kappa shape index (κ1) is 13.7. The zero-order chi connectivity index (χ0) is 14.0. The van der Waals surface area contributed by atoms with E-state index in [-0.39, 0.29) is 0 Å². The van der Waals surface area contributed by atoms with Gasteiger partial charge in [0.15, 0.2) is 11.6 Å². The largest absolute Gasteiger partial charge is 0.505 e.